The van der Waals surface area contributed by atoms with Crippen LogP contribution in [0.15, 0.2) is 46.9 Å². The lowest BCUT2D eigenvalue weighted by Gasteiger charge is -2.33. The highest BCUT2D eigenvalue weighted by Gasteiger charge is 2.30. The number of nitrogens with one attached hydrogen (secondary N) is 1. The van der Waals surface area contributed by atoms with Gasteiger partial charge in [-0.3, -0.25) is 4.79 Å². The van der Waals surface area contributed by atoms with Crippen LogP contribution in [0.3, 0.4) is 0 Å². The first kappa shape index (κ1) is 20.7. The van der Waals surface area contributed by atoms with Gasteiger partial charge in [0, 0.05) is 16.4 Å². The molecule has 3 atom stereocenters. The van der Waals surface area contributed by atoms with Gasteiger partial charge in [-0.15, -0.1) is 0 Å². The van der Waals surface area contributed by atoms with Gasteiger partial charge in [-0.05, 0) is 48.2 Å². The number of halogens is 1. The molecule has 150 valence electrons. The Labute approximate surface area is 174 Å². The molecule has 1 fully saturated rings. The number of aliphatic hydroxyl groups excluding tert-OH is 1. The second kappa shape index (κ2) is 9.43. The van der Waals surface area contributed by atoms with E-state index in [1.807, 2.05) is 30.3 Å². The zero-order valence-corrected chi connectivity index (χ0v) is 17.7. The second-order valence-corrected chi connectivity index (χ2v) is 7.99. The third kappa shape index (κ3) is 4.67. The van der Waals surface area contributed by atoms with E-state index in [-0.39, 0.29) is 17.9 Å². The van der Waals surface area contributed by atoms with Crippen LogP contribution in [0.5, 0.6) is 11.5 Å². The fourth-order valence-corrected chi connectivity index (χ4v) is 4.11. The summed E-state index contributed by atoms with van der Waals surface area (Å²) in [4.78, 5) is 12.7. The molecule has 0 aliphatic heterocycles. The number of aliphatic hydroxyl groups is 1. The lowest BCUT2D eigenvalue weighted by Crippen LogP contribution is -2.43. The van der Waals surface area contributed by atoms with Gasteiger partial charge in [0.2, 0.25) is 0 Å². The maximum Gasteiger partial charge on any atom is 0.253 e. The van der Waals surface area contributed by atoms with Gasteiger partial charge in [-0.25, -0.2) is 0 Å². The molecule has 2 aromatic carbocycles. The molecule has 1 amide bonds. The summed E-state index contributed by atoms with van der Waals surface area (Å²) >= 11 is 3.37. The molecule has 0 heterocycles. The van der Waals surface area contributed by atoms with Crippen molar-refractivity contribution in [2.24, 2.45) is 0 Å². The number of amides is 1. The van der Waals surface area contributed by atoms with Crippen molar-refractivity contribution in [2.75, 3.05) is 14.2 Å². The first-order valence-corrected chi connectivity index (χ1v) is 10.3. The Morgan fingerprint density at radius 1 is 1.07 bits per heavy atom. The Balaban J connectivity index is 1.76. The predicted octanol–water partition coefficient (Wildman–Crippen LogP) is 4.34. The van der Waals surface area contributed by atoms with Gasteiger partial charge in [-0.2, -0.15) is 0 Å². The Bertz CT molecular complexity index is 809. The van der Waals surface area contributed by atoms with Gasteiger partial charge < -0.3 is 19.9 Å². The zero-order chi connectivity index (χ0) is 20.1. The molecule has 1 aliphatic carbocycles. The maximum atomic E-state index is 12.7. The first-order chi connectivity index (χ1) is 13.5. The summed E-state index contributed by atoms with van der Waals surface area (Å²) in [5, 5.41) is 13.5. The summed E-state index contributed by atoms with van der Waals surface area (Å²) in [6.45, 7) is 0. The van der Waals surface area contributed by atoms with Crippen molar-refractivity contribution >= 4 is 21.8 Å². The second-order valence-electron chi connectivity index (χ2n) is 7.07. The molecule has 1 aliphatic rings. The topological polar surface area (TPSA) is 67.8 Å². The highest BCUT2D eigenvalue weighted by Crippen LogP contribution is 2.37. The highest BCUT2D eigenvalue weighted by atomic mass is 79.9. The molecule has 2 N–H and O–H groups in total. The molecule has 0 spiro atoms. The number of methoxy groups -OCH3 is 2. The summed E-state index contributed by atoms with van der Waals surface area (Å²) in [5.74, 6) is 1.19. The van der Waals surface area contributed by atoms with E-state index in [0.717, 1.165) is 35.7 Å². The molecule has 0 aromatic heterocycles. The maximum absolute atomic E-state index is 12.7. The lowest BCUT2D eigenvalue weighted by molar-refractivity contribution is -0.130. The van der Waals surface area contributed by atoms with Crippen LogP contribution in [0.1, 0.15) is 48.8 Å². The Kier molecular flexibility index (Phi) is 6.97. The molecule has 3 rings (SSSR count). The van der Waals surface area contributed by atoms with Gasteiger partial charge in [-0.1, -0.05) is 47.0 Å². The number of rotatable bonds is 6. The van der Waals surface area contributed by atoms with E-state index in [0.29, 0.717) is 17.1 Å². The quantitative estimate of drug-likeness (QED) is 0.690. The standard InChI is InChI=1S/C22H26BrNO4/c1-27-19-12-9-15(13-20(19)28-2)17-5-3-4-6-18(17)24-22(26)21(25)14-7-10-16(23)11-8-14/h7-13,17-18,21,25H,3-6H2,1-2H3,(H,24,26)/t17-,18+,21?/m1/s1. The summed E-state index contributed by atoms with van der Waals surface area (Å²) in [5.41, 5.74) is 1.69. The van der Waals surface area contributed by atoms with E-state index in [9.17, 15) is 9.90 Å². The molecular formula is C22H26BrNO4. The van der Waals surface area contributed by atoms with Crippen LogP contribution in [-0.4, -0.2) is 31.3 Å². The van der Waals surface area contributed by atoms with Crippen molar-refractivity contribution in [2.45, 2.75) is 43.7 Å². The molecule has 2 aromatic rings. The third-order valence-corrected chi connectivity index (χ3v) is 5.89. The van der Waals surface area contributed by atoms with Crippen molar-refractivity contribution in [3.8, 4) is 11.5 Å². The fourth-order valence-electron chi connectivity index (χ4n) is 3.84. The van der Waals surface area contributed by atoms with E-state index < -0.39 is 6.10 Å². The van der Waals surface area contributed by atoms with E-state index in [1.165, 1.54) is 0 Å². The fraction of sp³-hybridized carbons (Fsp3) is 0.409. The van der Waals surface area contributed by atoms with Gasteiger partial charge >= 0.3 is 0 Å². The van der Waals surface area contributed by atoms with E-state index >= 15 is 0 Å². The van der Waals surface area contributed by atoms with Crippen LogP contribution in [0.25, 0.3) is 0 Å². The monoisotopic (exact) mass is 447 g/mol. The number of benzene rings is 2. The number of ether oxygens (including phenoxy) is 2. The highest BCUT2D eigenvalue weighted by molar-refractivity contribution is 9.10. The molecule has 1 unspecified atom stereocenters. The van der Waals surface area contributed by atoms with Crippen LogP contribution in [-0.2, 0) is 4.79 Å². The van der Waals surface area contributed by atoms with Crippen LogP contribution < -0.4 is 14.8 Å². The van der Waals surface area contributed by atoms with E-state index in [2.05, 4.69) is 21.2 Å². The molecule has 1 saturated carbocycles. The van der Waals surface area contributed by atoms with Crippen molar-refractivity contribution in [1.82, 2.24) is 5.32 Å². The van der Waals surface area contributed by atoms with E-state index in [1.54, 1.807) is 26.4 Å². The predicted molar refractivity (Wildman–Crippen MR) is 112 cm³/mol. The summed E-state index contributed by atoms with van der Waals surface area (Å²) in [6, 6.07) is 13.0. The minimum absolute atomic E-state index is 0.0237. The van der Waals surface area contributed by atoms with Crippen LogP contribution in [0.4, 0.5) is 0 Å². The molecule has 0 bridgehead atoms. The summed E-state index contributed by atoms with van der Waals surface area (Å²) in [6.07, 6.45) is 2.86. The minimum atomic E-state index is -1.18. The number of carbonyl (C=O) groups excluding carboxylic acids is 1. The number of carbonyl (C=O) groups is 1. The molecule has 5 nitrogen and oxygen atoms in total. The van der Waals surface area contributed by atoms with Crippen molar-refractivity contribution in [3.05, 3.63) is 58.1 Å². The molecule has 28 heavy (non-hydrogen) atoms. The van der Waals surface area contributed by atoms with Crippen LogP contribution in [0, 0.1) is 0 Å². The van der Waals surface area contributed by atoms with Gasteiger partial charge in [0.25, 0.3) is 5.91 Å². The summed E-state index contributed by atoms with van der Waals surface area (Å²) in [7, 11) is 3.24. The zero-order valence-electron chi connectivity index (χ0n) is 16.2. The van der Waals surface area contributed by atoms with Gasteiger partial charge in [0.15, 0.2) is 17.6 Å². The normalized spacial score (nSPS) is 20.3. The van der Waals surface area contributed by atoms with Gasteiger partial charge in [0.1, 0.15) is 0 Å². The average Bonchev–Trinajstić information content (AvgIpc) is 2.73. The van der Waals surface area contributed by atoms with Crippen LogP contribution >= 0.6 is 15.9 Å². The Hall–Kier alpha value is -2.05. The molecule has 0 radical (unpaired) electrons. The van der Waals surface area contributed by atoms with E-state index in [4.69, 9.17) is 9.47 Å². The smallest absolute Gasteiger partial charge is 0.253 e. The van der Waals surface area contributed by atoms with Crippen molar-refractivity contribution in [1.29, 1.82) is 0 Å². The lowest BCUT2D eigenvalue weighted by atomic mass is 9.79. The molecule has 0 saturated heterocycles. The van der Waals surface area contributed by atoms with Crippen LogP contribution in [0.2, 0.25) is 0 Å². The molecule has 6 heteroatoms. The van der Waals surface area contributed by atoms with Crippen molar-refractivity contribution in [3.63, 3.8) is 0 Å². The number of hydrogen-bond acceptors (Lipinski definition) is 4. The summed E-state index contributed by atoms with van der Waals surface area (Å²) < 4.78 is 11.7. The first-order valence-electron chi connectivity index (χ1n) is 9.49. The molecular weight excluding hydrogens is 422 g/mol. The Morgan fingerprint density at radius 2 is 1.75 bits per heavy atom. The third-order valence-electron chi connectivity index (χ3n) is 5.36. The minimum Gasteiger partial charge on any atom is -0.493 e. The number of hydrogen-bond donors (Lipinski definition) is 2. The SMILES string of the molecule is COc1ccc([C@H]2CCCC[C@@H]2NC(=O)C(O)c2ccc(Br)cc2)cc1OC. The van der Waals surface area contributed by atoms with Gasteiger partial charge in [0.05, 0.1) is 14.2 Å². The van der Waals surface area contributed by atoms with Crippen molar-refractivity contribution < 1.29 is 19.4 Å². The largest absolute Gasteiger partial charge is 0.493 e. The Morgan fingerprint density at radius 3 is 2.43 bits per heavy atom. The average molecular weight is 448 g/mol.